The average molecular weight is 430 g/mol. The second kappa shape index (κ2) is 15.1. The highest BCUT2D eigenvalue weighted by Gasteiger charge is 2.12. The van der Waals surface area contributed by atoms with Crippen molar-refractivity contribution in [1.29, 1.82) is 0 Å². The molecule has 2 amide bonds. The number of ether oxygens (including phenoxy) is 4. The molecule has 0 atom stereocenters. The van der Waals surface area contributed by atoms with E-state index in [1.807, 2.05) is 0 Å². The highest BCUT2D eigenvalue weighted by atomic mass is 16.6. The lowest BCUT2D eigenvalue weighted by Crippen LogP contribution is -2.31. The molecule has 0 bridgehead atoms. The van der Waals surface area contributed by atoms with Crippen LogP contribution < -0.4 is 0 Å². The molecule has 0 radical (unpaired) electrons. The molecule has 0 aromatic carbocycles. The number of carbonyl (C=O) groups excluding carboxylic acids is 4. The zero-order chi connectivity index (χ0) is 23.1. The van der Waals surface area contributed by atoms with Crippen LogP contribution in [-0.4, -0.2) is 86.5 Å². The topological polar surface area (TPSA) is 112 Å². The van der Waals surface area contributed by atoms with Gasteiger partial charge >= 0.3 is 24.1 Å². The fraction of sp³-hybridized carbons (Fsp3) is 0.700. The van der Waals surface area contributed by atoms with E-state index >= 15 is 0 Å². The molecule has 0 N–H and O–H groups in total. The van der Waals surface area contributed by atoms with Crippen LogP contribution in [0.25, 0.3) is 0 Å². The molecule has 0 heterocycles. The molecule has 0 saturated carbocycles. The van der Waals surface area contributed by atoms with E-state index in [4.69, 9.17) is 18.9 Å². The van der Waals surface area contributed by atoms with Crippen molar-refractivity contribution in [3.8, 4) is 0 Å². The summed E-state index contributed by atoms with van der Waals surface area (Å²) >= 11 is 0. The first kappa shape index (κ1) is 27.2. The van der Waals surface area contributed by atoms with Crippen molar-refractivity contribution in [2.24, 2.45) is 0 Å². The maximum atomic E-state index is 11.6. The molecule has 30 heavy (non-hydrogen) atoms. The van der Waals surface area contributed by atoms with Crippen molar-refractivity contribution >= 4 is 24.1 Å². The number of hydrogen-bond acceptors (Lipinski definition) is 8. The lowest BCUT2D eigenvalue weighted by molar-refractivity contribution is -0.140. The monoisotopic (exact) mass is 430 g/mol. The van der Waals surface area contributed by atoms with E-state index in [-0.39, 0.29) is 25.4 Å². The predicted octanol–water partition coefficient (Wildman–Crippen LogP) is 2.36. The second-order valence-electron chi connectivity index (χ2n) is 7.08. The van der Waals surface area contributed by atoms with Crippen LogP contribution in [0.1, 0.15) is 40.5 Å². The Labute approximate surface area is 178 Å². The Balaban J connectivity index is 3.92. The normalized spacial score (nSPS) is 10.8. The third-order valence-corrected chi connectivity index (χ3v) is 3.42. The minimum atomic E-state index is -0.685. The molecule has 0 aliphatic heterocycles. The van der Waals surface area contributed by atoms with Crippen LogP contribution in [0.3, 0.4) is 0 Å². The first-order chi connectivity index (χ1) is 14.0. The summed E-state index contributed by atoms with van der Waals surface area (Å²) in [6.45, 7) is 7.95. The highest BCUT2D eigenvalue weighted by molar-refractivity contribution is 5.91. The minimum Gasteiger partial charge on any atom is -0.462 e. The Morgan fingerprint density at radius 1 is 0.700 bits per heavy atom. The molecule has 0 aliphatic carbocycles. The van der Waals surface area contributed by atoms with Gasteiger partial charge in [0.1, 0.15) is 0 Å². The summed E-state index contributed by atoms with van der Waals surface area (Å²) in [4.78, 5) is 49.1. The molecular weight excluding hydrogens is 396 g/mol. The zero-order valence-electron chi connectivity index (χ0n) is 18.7. The van der Waals surface area contributed by atoms with Crippen molar-refractivity contribution in [1.82, 2.24) is 9.80 Å². The van der Waals surface area contributed by atoms with Gasteiger partial charge in [-0.15, -0.1) is 0 Å². The van der Waals surface area contributed by atoms with E-state index in [0.717, 1.165) is 12.2 Å². The van der Waals surface area contributed by atoms with Gasteiger partial charge in [-0.1, -0.05) is 0 Å². The SMILES string of the molecule is CC(C)OC(=O)N(C)CCCOC(=O)/C=C/C(=O)OCCCN(C)C(=O)OC(C)C. The highest BCUT2D eigenvalue weighted by Crippen LogP contribution is 1.99. The van der Waals surface area contributed by atoms with Gasteiger partial charge in [-0.3, -0.25) is 0 Å². The van der Waals surface area contributed by atoms with Crippen LogP contribution in [0, 0.1) is 0 Å². The summed E-state index contributed by atoms with van der Waals surface area (Å²) < 4.78 is 19.9. The van der Waals surface area contributed by atoms with Gasteiger partial charge in [-0.2, -0.15) is 0 Å². The largest absolute Gasteiger partial charge is 0.462 e. The van der Waals surface area contributed by atoms with Gasteiger partial charge < -0.3 is 28.7 Å². The van der Waals surface area contributed by atoms with E-state index in [1.165, 1.54) is 9.80 Å². The molecule has 0 spiro atoms. The molecule has 172 valence electrons. The number of esters is 2. The van der Waals surface area contributed by atoms with E-state index in [1.54, 1.807) is 41.8 Å². The van der Waals surface area contributed by atoms with Crippen molar-refractivity contribution in [2.75, 3.05) is 40.4 Å². The molecule has 0 rings (SSSR count). The Morgan fingerprint density at radius 2 is 1.03 bits per heavy atom. The van der Waals surface area contributed by atoms with Gasteiger partial charge in [0, 0.05) is 39.3 Å². The fourth-order valence-corrected chi connectivity index (χ4v) is 1.95. The quantitative estimate of drug-likeness (QED) is 0.201. The molecule has 0 aromatic heterocycles. The maximum Gasteiger partial charge on any atom is 0.409 e. The summed E-state index contributed by atoms with van der Waals surface area (Å²) in [5.41, 5.74) is 0. The fourth-order valence-electron chi connectivity index (χ4n) is 1.95. The van der Waals surface area contributed by atoms with Gasteiger partial charge in [0.05, 0.1) is 25.4 Å². The van der Waals surface area contributed by atoms with E-state index < -0.39 is 24.1 Å². The van der Waals surface area contributed by atoms with Gasteiger partial charge in [0.15, 0.2) is 0 Å². The molecule has 10 heteroatoms. The van der Waals surface area contributed by atoms with Crippen LogP contribution >= 0.6 is 0 Å². The molecule has 0 aliphatic rings. The first-order valence-corrected chi connectivity index (χ1v) is 9.88. The van der Waals surface area contributed by atoms with Crippen LogP contribution in [-0.2, 0) is 28.5 Å². The lowest BCUT2D eigenvalue weighted by atomic mass is 10.4. The van der Waals surface area contributed by atoms with Gasteiger partial charge in [-0.25, -0.2) is 19.2 Å². The second-order valence-corrected chi connectivity index (χ2v) is 7.08. The molecule has 0 fully saturated rings. The van der Waals surface area contributed by atoms with Crippen molar-refractivity contribution in [3.63, 3.8) is 0 Å². The maximum absolute atomic E-state index is 11.6. The predicted molar refractivity (Wildman–Crippen MR) is 109 cm³/mol. The summed E-state index contributed by atoms with van der Waals surface area (Å²) in [6.07, 6.45) is 1.52. The first-order valence-electron chi connectivity index (χ1n) is 9.88. The Hall–Kier alpha value is -2.78. The van der Waals surface area contributed by atoms with Gasteiger partial charge in [0.25, 0.3) is 0 Å². The minimum absolute atomic E-state index is 0.0936. The van der Waals surface area contributed by atoms with Crippen molar-refractivity contribution < 1.29 is 38.1 Å². The molecule has 0 unspecified atom stereocenters. The Bertz CT molecular complexity index is 539. The number of carbonyl (C=O) groups is 4. The van der Waals surface area contributed by atoms with E-state index in [2.05, 4.69) is 0 Å². The number of hydrogen-bond donors (Lipinski definition) is 0. The number of rotatable bonds is 12. The number of amides is 2. The smallest absolute Gasteiger partial charge is 0.409 e. The summed E-state index contributed by atoms with van der Waals surface area (Å²) in [5, 5.41) is 0. The summed E-state index contributed by atoms with van der Waals surface area (Å²) in [5.74, 6) is -1.37. The van der Waals surface area contributed by atoms with Crippen LogP contribution in [0.4, 0.5) is 9.59 Å². The number of nitrogens with zero attached hydrogens (tertiary/aromatic N) is 2. The molecule has 10 nitrogen and oxygen atoms in total. The third-order valence-electron chi connectivity index (χ3n) is 3.42. The van der Waals surface area contributed by atoms with Crippen molar-refractivity contribution in [3.05, 3.63) is 12.2 Å². The Kier molecular flexibility index (Phi) is 13.7. The average Bonchev–Trinajstić information content (AvgIpc) is 2.65. The lowest BCUT2D eigenvalue weighted by Gasteiger charge is -2.18. The van der Waals surface area contributed by atoms with Crippen LogP contribution in [0.2, 0.25) is 0 Å². The third kappa shape index (κ3) is 14.3. The van der Waals surface area contributed by atoms with E-state index in [9.17, 15) is 19.2 Å². The van der Waals surface area contributed by atoms with Crippen molar-refractivity contribution in [2.45, 2.75) is 52.7 Å². The molecular formula is C20H34N2O8. The summed E-state index contributed by atoms with van der Waals surface area (Å²) in [7, 11) is 3.18. The Morgan fingerprint density at radius 3 is 1.33 bits per heavy atom. The van der Waals surface area contributed by atoms with Crippen LogP contribution in [0.15, 0.2) is 12.2 Å². The van der Waals surface area contributed by atoms with E-state index in [0.29, 0.717) is 25.9 Å². The standard InChI is InChI=1S/C20H34N2O8/c1-15(2)29-19(25)21(5)11-7-13-27-17(23)9-10-18(24)28-14-8-12-22(6)20(26)30-16(3)4/h9-10,15-16H,7-8,11-14H2,1-6H3/b10-9+. The zero-order valence-corrected chi connectivity index (χ0v) is 18.7. The van der Waals surface area contributed by atoms with Gasteiger partial charge in [0.2, 0.25) is 0 Å². The molecule has 0 saturated heterocycles. The molecule has 0 aromatic rings. The summed E-state index contributed by atoms with van der Waals surface area (Å²) in [6, 6.07) is 0. The van der Waals surface area contributed by atoms with Crippen LogP contribution in [0.5, 0.6) is 0 Å². The van der Waals surface area contributed by atoms with Gasteiger partial charge in [-0.05, 0) is 40.5 Å².